The summed E-state index contributed by atoms with van der Waals surface area (Å²) in [4.78, 5) is 0. The maximum absolute atomic E-state index is 6.20. The molecule has 0 saturated carbocycles. The molecule has 1 aromatic carbocycles. The van der Waals surface area contributed by atoms with E-state index in [9.17, 15) is 0 Å². The first kappa shape index (κ1) is 16.0. The highest BCUT2D eigenvalue weighted by Gasteiger charge is 2.13. The summed E-state index contributed by atoms with van der Waals surface area (Å²) in [5.41, 5.74) is 1.33. The molecule has 0 spiro atoms. The lowest BCUT2D eigenvalue weighted by atomic mass is 9.98. The van der Waals surface area contributed by atoms with Crippen LogP contribution in [0, 0.1) is 0 Å². The van der Waals surface area contributed by atoms with Crippen LogP contribution < -0.4 is 10.1 Å². The Morgan fingerprint density at radius 2 is 1.84 bits per heavy atom. The molecule has 1 rings (SSSR count). The summed E-state index contributed by atoms with van der Waals surface area (Å²) >= 11 is 0. The Bertz CT molecular complexity index is 351. The van der Waals surface area contributed by atoms with E-state index < -0.39 is 0 Å². The summed E-state index contributed by atoms with van der Waals surface area (Å²) in [6, 6.07) is 8.46. The summed E-state index contributed by atoms with van der Waals surface area (Å²) < 4.78 is 6.20. The molecule has 0 aromatic heterocycles. The van der Waals surface area contributed by atoms with Gasteiger partial charge in [-0.05, 0) is 43.4 Å². The monoisotopic (exact) mass is 263 g/mol. The molecule has 0 radical (unpaired) electrons. The fourth-order valence-electron chi connectivity index (χ4n) is 2.10. The Labute approximate surface area is 118 Å². The molecule has 0 bridgehead atoms. The second-order valence-corrected chi connectivity index (χ2v) is 5.20. The predicted octanol–water partition coefficient (Wildman–Crippen LogP) is 4.36. The minimum atomic E-state index is 0.261. The second kappa shape index (κ2) is 8.98. The molecule has 0 aliphatic rings. The van der Waals surface area contributed by atoms with Crippen molar-refractivity contribution >= 4 is 0 Å². The third-order valence-electron chi connectivity index (χ3n) is 3.61. The minimum Gasteiger partial charge on any atom is -0.489 e. The lowest BCUT2D eigenvalue weighted by molar-refractivity contribution is 0.191. The average Bonchev–Trinajstić information content (AvgIpc) is 2.46. The first-order valence-corrected chi connectivity index (χ1v) is 7.69. The van der Waals surface area contributed by atoms with Gasteiger partial charge in [-0.25, -0.2) is 0 Å². The number of nitrogens with one attached hydrogen (secondary N) is 1. The van der Waals surface area contributed by atoms with Gasteiger partial charge in [0.15, 0.2) is 0 Å². The standard InChI is InChI=1S/C17H29NO/c1-5-12-18-13-15(7-3)19-17-11-9-8-10-16(17)14(4)6-2/h8-11,14-15,18H,5-7,12-13H2,1-4H3. The molecule has 0 amide bonds. The van der Waals surface area contributed by atoms with Crippen LogP contribution in [0.2, 0.25) is 0 Å². The molecule has 0 aliphatic carbocycles. The lowest BCUT2D eigenvalue weighted by Gasteiger charge is -2.22. The largest absolute Gasteiger partial charge is 0.489 e. The number of benzene rings is 1. The van der Waals surface area contributed by atoms with Gasteiger partial charge in [-0.15, -0.1) is 0 Å². The highest BCUT2D eigenvalue weighted by Crippen LogP contribution is 2.29. The van der Waals surface area contributed by atoms with Crippen LogP contribution in [-0.2, 0) is 0 Å². The molecule has 2 unspecified atom stereocenters. The normalized spacial score (nSPS) is 14.1. The van der Waals surface area contributed by atoms with Gasteiger partial charge in [0.05, 0.1) is 0 Å². The zero-order chi connectivity index (χ0) is 14.1. The third kappa shape index (κ3) is 5.23. The molecular weight excluding hydrogens is 234 g/mol. The molecule has 19 heavy (non-hydrogen) atoms. The van der Waals surface area contributed by atoms with Crippen molar-refractivity contribution in [3.05, 3.63) is 29.8 Å². The molecule has 0 fully saturated rings. The quantitative estimate of drug-likeness (QED) is 0.668. The van der Waals surface area contributed by atoms with Crippen molar-refractivity contribution in [3.8, 4) is 5.75 Å². The molecule has 108 valence electrons. The summed E-state index contributed by atoms with van der Waals surface area (Å²) in [6.45, 7) is 10.9. The molecule has 2 atom stereocenters. The van der Waals surface area contributed by atoms with Crippen molar-refractivity contribution in [2.24, 2.45) is 0 Å². The van der Waals surface area contributed by atoms with E-state index in [1.54, 1.807) is 0 Å². The number of ether oxygens (including phenoxy) is 1. The third-order valence-corrected chi connectivity index (χ3v) is 3.61. The zero-order valence-corrected chi connectivity index (χ0v) is 12.9. The van der Waals surface area contributed by atoms with Crippen molar-refractivity contribution in [1.82, 2.24) is 5.32 Å². The van der Waals surface area contributed by atoms with Gasteiger partial charge < -0.3 is 10.1 Å². The first-order chi connectivity index (χ1) is 9.22. The van der Waals surface area contributed by atoms with Crippen LogP contribution in [0.1, 0.15) is 58.4 Å². The van der Waals surface area contributed by atoms with Gasteiger partial charge in [-0.1, -0.05) is 45.9 Å². The van der Waals surface area contributed by atoms with Gasteiger partial charge in [0.1, 0.15) is 11.9 Å². The number of hydrogen-bond donors (Lipinski definition) is 1. The number of para-hydroxylation sites is 1. The molecule has 2 heteroatoms. The fraction of sp³-hybridized carbons (Fsp3) is 0.647. The van der Waals surface area contributed by atoms with Crippen LogP contribution in [0.15, 0.2) is 24.3 Å². The van der Waals surface area contributed by atoms with E-state index in [2.05, 4.69) is 57.3 Å². The van der Waals surface area contributed by atoms with Crippen LogP contribution in [0.25, 0.3) is 0 Å². The van der Waals surface area contributed by atoms with Gasteiger partial charge in [0, 0.05) is 6.54 Å². The van der Waals surface area contributed by atoms with Crippen molar-refractivity contribution in [3.63, 3.8) is 0 Å². The first-order valence-electron chi connectivity index (χ1n) is 7.69. The predicted molar refractivity (Wildman–Crippen MR) is 83.0 cm³/mol. The maximum Gasteiger partial charge on any atom is 0.123 e. The smallest absolute Gasteiger partial charge is 0.123 e. The Morgan fingerprint density at radius 3 is 2.47 bits per heavy atom. The van der Waals surface area contributed by atoms with E-state index in [0.717, 1.165) is 31.7 Å². The Balaban J connectivity index is 2.68. The topological polar surface area (TPSA) is 21.3 Å². The van der Waals surface area contributed by atoms with Crippen molar-refractivity contribution in [2.45, 2.75) is 59.0 Å². The summed E-state index contributed by atoms with van der Waals surface area (Å²) in [5, 5.41) is 3.44. The number of rotatable bonds is 9. The highest BCUT2D eigenvalue weighted by atomic mass is 16.5. The zero-order valence-electron chi connectivity index (χ0n) is 12.9. The molecule has 0 heterocycles. The summed E-state index contributed by atoms with van der Waals surface area (Å²) in [7, 11) is 0. The van der Waals surface area contributed by atoms with E-state index in [1.807, 2.05) is 0 Å². The van der Waals surface area contributed by atoms with Crippen LogP contribution >= 0.6 is 0 Å². The van der Waals surface area contributed by atoms with Gasteiger partial charge >= 0.3 is 0 Å². The second-order valence-electron chi connectivity index (χ2n) is 5.20. The van der Waals surface area contributed by atoms with E-state index in [4.69, 9.17) is 4.74 Å². The molecule has 0 saturated heterocycles. The van der Waals surface area contributed by atoms with Crippen molar-refractivity contribution < 1.29 is 4.74 Å². The van der Waals surface area contributed by atoms with Crippen LogP contribution in [0.4, 0.5) is 0 Å². The van der Waals surface area contributed by atoms with E-state index in [-0.39, 0.29) is 6.10 Å². The minimum absolute atomic E-state index is 0.261. The molecule has 0 aliphatic heterocycles. The van der Waals surface area contributed by atoms with E-state index in [1.165, 1.54) is 12.0 Å². The van der Waals surface area contributed by atoms with E-state index >= 15 is 0 Å². The number of hydrogen-bond acceptors (Lipinski definition) is 2. The van der Waals surface area contributed by atoms with Gasteiger partial charge in [0.25, 0.3) is 0 Å². The van der Waals surface area contributed by atoms with Gasteiger partial charge in [0.2, 0.25) is 0 Å². The van der Waals surface area contributed by atoms with Crippen LogP contribution in [-0.4, -0.2) is 19.2 Å². The Kier molecular flexibility index (Phi) is 7.57. The maximum atomic E-state index is 6.20. The van der Waals surface area contributed by atoms with Crippen molar-refractivity contribution in [2.75, 3.05) is 13.1 Å². The van der Waals surface area contributed by atoms with Gasteiger partial charge in [-0.2, -0.15) is 0 Å². The van der Waals surface area contributed by atoms with E-state index in [0.29, 0.717) is 5.92 Å². The molecular formula is C17H29NO. The summed E-state index contributed by atoms with van der Waals surface area (Å²) in [5.74, 6) is 1.61. The molecule has 2 nitrogen and oxygen atoms in total. The SMILES string of the molecule is CCCNCC(CC)Oc1ccccc1C(C)CC. The van der Waals surface area contributed by atoms with Gasteiger partial charge in [-0.3, -0.25) is 0 Å². The fourth-order valence-corrected chi connectivity index (χ4v) is 2.10. The Morgan fingerprint density at radius 1 is 1.11 bits per heavy atom. The highest BCUT2D eigenvalue weighted by molar-refractivity contribution is 5.36. The van der Waals surface area contributed by atoms with Crippen molar-refractivity contribution in [1.29, 1.82) is 0 Å². The molecule has 1 aromatic rings. The average molecular weight is 263 g/mol. The lowest BCUT2D eigenvalue weighted by Crippen LogP contribution is -2.31. The Hall–Kier alpha value is -1.02. The molecule has 1 N–H and O–H groups in total. The summed E-state index contributed by atoms with van der Waals surface area (Å²) in [6.07, 6.45) is 3.60. The van der Waals surface area contributed by atoms with Crippen LogP contribution in [0.3, 0.4) is 0 Å². The van der Waals surface area contributed by atoms with Crippen LogP contribution in [0.5, 0.6) is 5.75 Å².